The number of benzene rings is 2. The summed E-state index contributed by atoms with van der Waals surface area (Å²) in [5.41, 5.74) is 3.26. The summed E-state index contributed by atoms with van der Waals surface area (Å²) in [7, 11) is 1.64. The summed E-state index contributed by atoms with van der Waals surface area (Å²) in [6, 6.07) is 17.8. The van der Waals surface area contributed by atoms with Crippen LogP contribution in [0.25, 0.3) is 11.3 Å². The van der Waals surface area contributed by atoms with Gasteiger partial charge in [0.25, 0.3) is 5.91 Å². The third-order valence-corrected chi connectivity index (χ3v) is 6.39. The van der Waals surface area contributed by atoms with Gasteiger partial charge in [-0.05, 0) is 37.2 Å². The van der Waals surface area contributed by atoms with Gasteiger partial charge in [-0.1, -0.05) is 49.4 Å². The Balaban J connectivity index is 1.42. The minimum Gasteiger partial charge on any atom is -0.497 e. The van der Waals surface area contributed by atoms with E-state index in [0.29, 0.717) is 24.3 Å². The molecule has 0 radical (unpaired) electrons. The Kier molecular flexibility index (Phi) is 8.33. The van der Waals surface area contributed by atoms with E-state index in [1.807, 2.05) is 53.3 Å². The van der Waals surface area contributed by atoms with Gasteiger partial charge in [-0.2, -0.15) is 5.10 Å². The lowest BCUT2D eigenvalue weighted by Crippen LogP contribution is -2.46. The number of rotatable bonds is 10. The fourth-order valence-electron chi connectivity index (χ4n) is 4.35. The highest BCUT2D eigenvalue weighted by Gasteiger charge is 2.19. The van der Waals surface area contributed by atoms with Crippen molar-refractivity contribution in [3.63, 3.8) is 0 Å². The molecule has 3 aromatic rings. The number of aromatic nitrogens is 2. The molecule has 0 atom stereocenters. The van der Waals surface area contributed by atoms with Crippen LogP contribution in [0, 0.1) is 0 Å². The standard InChI is InChI=1S/C27H35N5O2/c1-3-30-15-17-31(18-16-30)14-8-13-28-27(33)25-21-32(20-22-9-5-4-6-10-22)29-26(25)23-11-7-12-24(19-23)34-2/h4-7,9-12,19,21H,3,8,13-18,20H2,1-2H3,(H,28,33). The lowest BCUT2D eigenvalue weighted by molar-refractivity contribution is 0.0948. The van der Waals surface area contributed by atoms with Crippen molar-refractivity contribution >= 4 is 5.91 Å². The minimum absolute atomic E-state index is 0.0899. The van der Waals surface area contributed by atoms with E-state index in [4.69, 9.17) is 9.84 Å². The Hall–Kier alpha value is -3.16. The van der Waals surface area contributed by atoms with Gasteiger partial charge in [-0.15, -0.1) is 0 Å². The van der Waals surface area contributed by atoms with E-state index in [0.717, 1.165) is 62.6 Å². The van der Waals surface area contributed by atoms with Crippen LogP contribution in [-0.2, 0) is 6.54 Å². The van der Waals surface area contributed by atoms with Crippen LogP contribution in [0.1, 0.15) is 29.3 Å². The normalized spacial score (nSPS) is 14.8. The number of ether oxygens (including phenoxy) is 1. The molecule has 0 spiro atoms. The Morgan fingerprint density at radius 3 is 2.53 bits per heavy atom. The molecule has 180 valence electrons. The van der Waals surface area contributed by atoms with Crippen LogP contribution in [0.15, 0.2) is 60.8 Å². The van der Waals surface area contributed by atoms with E-state index < -0.39 is 0 Å². The first-order chi connectivity index (χ1) is 16.7. The van der Waals surface area contributed by atoms with Crippen LogP contribution >= 0.6 is 0 Å². The van der Waals surface area contributed by atoms with Gasteiger partial charge in [0.05, 0.1) is 19.2 Å². The maximum atomic E-state index is 13.2. The summed E-state index contributed by atoms with van der Waals surface area (Å²) < 4.78 is 7.23. The molecule has 1 aromatic heterocycles. The molecule has 34 heavy (non-hydrogen) atoms. The number of likely N-dealkylation sites (N-methyl/N-ethyl adjacent to an activating group) is 1. The first-order valence-corrected chi connectivity index (χ1v) is 12.1. The topological polar surface area (TPSA) is 62.6 Å². The second-order valence-corrected chi connectivity index (χ2v) is 8.69. The molecule has 7 nitrogen and oxygen atoms in total. The number of nitrogens with zero attached hydrogens (tertiary/aromatic N) is 4. The maximum absolute atomic E-state index is 13.2. The summed E-state index contributed by atoms with van der Waals surface area (Å²) in [5.74, 6) is 0.651. The molecule has 0 bridgehead atoms. The van der Waals surface area contributed by atoms with Gasteiger partial charge in [-0.25, -0.2) is 0 Å². The van der Waals surface area contributed by atoms with E-state index >= 15 is 0 Å². The molecule has 1 fully saturated rings. The van der Waals surface area contributed by atoms with Crippen LogP contribution in [0.3, 0.4) is 0 Å². The number of piperazine rings is 1. The second kappa shape index (κ2) is 11.8. The van der Waals surface area contributed by atoms with Gasteiger partial charge in [0, 0.05) is 44.5 Å². The van der Waals surface area contributed by atoms with Crippen LogP contribution in [0.2, 0.25) is 0 Å². The molecule has 0 saturated carbocycles. The highest BCUT2D eigenvalue weighted by molar-refractivity contribution is 5.99. The summed E-state index contributed by atoms with van der Waals surface area (Å²) in [6.07, 6.45) is 2.78. The van der Waals surface area contributed by atoms with Crippen molar-refractivity contribution in [3.8, 4) is 17.0 Å². The average Bonchev–Trinajstić information content (AvgIpc) is 3.31. The molecule has 1 aliphatic rings. The van der Waals surface area contributed by atoms with Crippen LogP contribution in [0.5, 0.6) is 5.75 Å². The van der Waals surface area contributed by atoms with Gasteiger partial charge in [0.15, 0.2) is 0 Å². The van der Waals surface area contributed by atoms with Crippen LogP contribution in [-0.4, -0.2) is 78.4 Å². The molecule has 0 unspecified atom stereocenters. The van der Waals surface area contributed by atoms with Crippen molar-refractivity contribution in [2.45, 2.75) is 19.9 Å². The molecule has 2 heterocycles. The zero-order valence-electron chi connectivity index (χ0n) is 20.2. The highest BCUT2D eigenvalue weighted by Crippen LogP contribution is 2.26. The zero-order valence-corrected chi connectivity index (χ0v) is 20.2. The molecule has 1 N–H and O–H groups in total. The Bertz CT molecular complexity index is 1060. The van der Waals surface area contributed by atoms with Gasteiger partial charge >= 0.3 is 0 Å². The number of methoxy groups -OCH3 is 1. The molecular formula is C27H35N5O2. The molecule has 2 aromatic carbocycles. The summed E-state index contributed by atoms with van der Waals surface area (Å²) >= 11 is 0. The number of amides is 1. The van der Waals surface area contributed by atoms with Gasteiger partial charge in [-0.3, -0.25) is 9.48 Å². The third kappa shape index (κ3) is 6.24. The lowest BCUT2D eigenvalue weighted by atomic mass is 10.1. The summed E-state index contributed by atoms with van der Waals surface area (Å²) in [6.45, 7) is 10.1. The molecular weight excluding hydrogens is 426 g/mol. The molecule has 1 amide bonds. The smallest absolute Gasteiger partial charge is 0.255 e. The van der Waals surface area contributed by atoms with E-state index in [-0.39, 0.29) is 5.91 Å². The van der Waals surface area contributed by atoms with Crippen molar-refractivity contribution in [1.82, 2.24) is 24.9 Å². The number of carbonyl (C=O) groups is 1. The minimum atomic E-state index is -0.0899. The molecule has 4 rings (SSSR count). The fourth-order valence-corrected chi connectivity index (χ4v) is 4.35. The van der Waals surface area contributed by atoms with Crippen molar-refractivity contribution in [2.24, 2.45) is 0 Å². The monoisotopic (exact) mass is 461 g/mol. The third-order valence-electron chi connectivity index (χ3n) is 6.39. The molecule has 1 saturated heterocycles. The van der Waals surface area contributed by atoms with Crippen LogP contribution in [0.4, 0.5) is 0 Å². The molecule has 1 aliphatic heterocycles. The van der Waals surface area contributed by atoms with Crippen molar-refractivity contribution in [2.75, 3.05) is 52.9 Å². The van der Waals surface area contributed by atoms with E-state index in [9.17, 15) is 4.79 Å². The predicted molar refractivity (Wildman–Crippen MR) is 135 cm³/mol. The maximum Gasteiger partial charge on any atom is 0.255 e. The first-order valence-electron chi connectivity index (χ1n) is 12.1. The largest absolute Gasteiger partial charge is 0.497 e. The Morgan fingerprint density at radius 2 is 1.79 bits per heavy atom. The van der Waals surface area contributed by atoms with Crippen molar-refractivity contribution in [1.29, 1.82) is 0 Å². The zero-order chi connectivity index (χ0) is 23.8. The second-order valence-electron chi connectivity index (χ2n) is 8.69. The average molecular weight is 462 g/mol. The van der Waals surface area contributed by atoms with Gasteiger partial charge < -0.3 is 19.9 Å². The number of carbonyl (C=O) groups excluding carboxylic acids is 1. The Morgan fingerprint density at radius 1 is 1.03 bits per heavy atom. The first kappa shape index (κ1) is 24.0. The summed E-state index contributed by atoms with van der Waals surface area (Å²) in [4.78, 5) is 18.1. The summed E-state index contributed by atoms with van der Waals surface area (Å²) in [5, 5.41) is 7.89. The predicted octanol–water partition coefficient (Wildman–Crippen LogP) is 3.36. The van der Waals surface area contributed by atoms with Gasteiger partial charge in [0.1, 0.15) is 11.4 Å². The SMILES string of the molecule is CCN1CCN(CCCNC(=O)c2cn(Cc3ccccc3)nc2-c2cccc(OC)c2)CC1. The number of nitrogens with one attached hydrogen (secondary N) is 1. The van der Waals surface area contributed by atoms with E-state index in [1.54, 1.807) is 7.11 Å². The molecule has 0 aliphatic carbocycles. The number of hydrogen-bond donors (Lipinski definition) is 1. The lowest BCUT2D eigenvalue weighted by Gasteiger charge is -2.33. The van der Waals surface area contributed by atoms with E-state index in [2.05, 4.69) is 34.2 Å². The van der Waals surface area contributed by atoms with Crippen LogP contribution < -0.4 is 10.1 Å². The quantitative estimate of drug-likeness (QED) is 0.469. The Labute approximate surface area is 202 Å². The highest BCUT2D eigenvalue weighted by atomic mass is 16.5. The van der Waals surface area contributed by atoms with E-state index in [1.165, 1.54) is 0 Å². The van der Waals surface area contributed by atoms with Gasteiger partial charge in [0.2, 0.25) is 0 Å². The number of hydrogen-bond acceptors (Lipinski definition) is 5. The fraction of sp³-hybridized carbons (Fsp3) is 0.407. The molecule has 7 heteroatoms. The van der Waals surface area contributed by atoms with Crippen molar-refractivity contribution < 1.29 is 9.53 Å². The van der Waals surface area contributed by atoms with Crippen molar-refractivity contribution in [3.05, 3.63) is 71.9 Å².